The third-order valence-corrected chi connectivity index (χ3v) is 8.27. The van der Waals surface area contributed by atoms with Gasteiger partial charge >= 0.3 is 17.9 Å². The van der Waals surface area contributed by atoms with Crippen molar-refractivity contribution >= 4 is 23.8 Å². The third-order valence-electron chi connectivity index (χ3n) is 8.27. The van der Waals surface area contributed by atoms with Gasteiger partial charge in [0.1, 0.15) is 41.2 Å². The Morgan fingerprint density at radius 3 is 1.26 bits per heavy atom. The summed E-state index contributed by atoms with van der Waals surface area (Å²) in [5.74, 6) is -1.41. The van der Waals surface area contributed by atoms with Crippen LogP contribution < -0.4 is 10.6 Å². The van der Waals surface area contributed by atoms with Crippen molar-refractivity contribution in [1.29, 1.82) is 0 Å². The predicted molar refractivity (Wildman–Crippen MR) is 198 cm³/mol. The summed E-state index contributed by atoms with van der Waals surface area (Å²) >= 11 is 0. The standard InChI is InChI=1S/C36H68N6O12/c1-34(2,3)52-27(44)22-40-14-12-39(21-26(43)38-11-10-37-20-25-30(47)31(48)32(49)33(50)51-25)13-15-41(23-28(45)53-35(4,5)6)17-19-42(18-16-40)24-29(46)54-36(7,8)9/h25,30-33,37,47-50H,10-24H2,1-9H3,(H,38,43)/t25?,30-,31-,32?,33?/m0/s1. The monoisotopic (exact) mass is 776 g/mol. The van der Waals surface area contributed by atoms with E-state index in [1.54, 1.807) is 41.5 Å². The molecule has 0 spiro atoms. The van der Waals surface area contributed by atoms with E-state index in [1.165, 1.54) is 0 Å². The van der Waals surface area contributed by atoms with Crippen molar-refractivity contribution in [3.63, 3.8) is 0 Å². The third kappa shape index (κ3) is 19.9. The zero-order chi connectivity index (χ0) is 40.9. The van der Waals surface area contributed by atoms with Gasteiger partial charge in [-0.25, -0.2) is 0 Å². The van der Waals surface area contributed by atoms with E-state index < -0.39 is 47.5 Å². The average Bonchev–Trinajstić information content (AvgIpc) is 3.00. The molecule has 2 heterocycles. The number of aliphatic hydroxyl groups is 4. The molecule has 0 aliphatic carbocycles. The predicted octanol–water partition coefficient (Wildman–Crippen LogP) is -2.26. The van der Waals surface area contributed by atoms with Crippen molar-refractivity contribution in [3.05, 3.63) is 0 Å². The molecule has 18 nitrogen and oxygen atoms in total. The van der Waals surface area contributed by atoms with Crippen LogP contribution in [0.1, 0.15) is 62.3 Å². The Bertz CT molecular complexity index is 1140. The lowest BCUT2D eigenvalue weighted by molar-refractivity contribution is -0.280. The number of amides is 1. The quantitative estimate of drug-likeness (QED) is 0.0660. The van der Waals surface area contributed by atoms with Gasteiger partial charge in [0.05, 0.1) is 26.2 Å². The Labute approximate surface area is 320 Å². The highest BCUT2D eigenvalue weighted by Gasteiger charge is 2.42. The van der Waals surface area contributed by atoms with E-state index in [1.807, 2.05) is 40.4 Å². The summed E-state index contributed by atoms with van der Waals surface area (Å²) in [6.45, 7) is 20.2. The lowest BCUT2D eigenvalue weighted by atomic mass is 9.99. The van der Waals surface area contributed by atoms with Crippen molar-refractivity contribution in [1.82, 2.24) is 30.2 Å². The molecule has 6 N–H and O–H groups in total. The smallest absolute Gasteiger partial charge is 0.320 e. The molecular formula is C36H68N6O12. The van der Waals surface area contributed by atoms with E-state index in [-0.39, 0.29) is 63.1 Å². The molecule has 5 atom stereocenters. The summed E-state index contributed by atoms with van der Waals surface area (Å²) in [7, 11) is 0. The van der Waals surface area contributed by atoms with Crippen LogP contribution in [0.3, 0.4) is 0 Å². The highest BCUT2D eigenvalue weighted by atomic mass is 16.6. The van der Waals surface area contributed by atoms with E-state index in [0.29, 0.717) is 58.9 Å². The number of carbonyl (C=O) groups excluding carboxylic acids is 4. The molecule has 314 valence electrons. The molecule has 2 aliphatic rings. The molecule has 2 aliphatic heterocycles. The molecule has 0 aromatic rings. The first-order valence-electron chi connectivity index (χ1n) is 18.8. The van der Waals surface area contributed by atoms with Crippen LogP contribution in [0.5, 0.6) is 0 Å². The minimum atomic E-state index is -1.63. The van der Waals surface area contributed by atoms with Crippen LogP contribution in [-0.2, 0) is 38.1 Å². The molecule has 3 unspecified atom stereocenters. The largest absolute Gasteiger partial charge is 0.459 e. The van der Waals surface area contributed by atoms with Crippen molar-refractivity contribution in [3.8, 4) is 0 Å². The van der Waals surface area contributed by atoms with Gasteiger partial charge in [0, 0.05) is 72.0 Å². The van der Waals surface area contributed by atoms with Gasteiger partial charge in [-0.1, -0.05) is 0 Å². The van der Waals surface area contributed by atoms with Gasteiger partial charge in [0.15, 0.2) is 6.29 Å². The number of esters is 3. The fourth-order valence-electron chi connectivity index (χ4n) is 5.77. The topological polar surface area (TPSA) is 223 Å². The molecular weight excluding hydrogens is 708 g/mol. The fraction of sp³-hybridized carbons (Fsp3) is 0.889. The number of nitrogens with one attached hydrogen (secondary N) is 2. The summed E-state index contributed by atoms with van der Waals surface area (Å²) in [5, 5.41) is 45.3. The lowest BCUT2D eigenvalue weighted by Gasteiger charge is -2.38. The van der Waals surface area contributed by atoms with Crippen LogP contribution in [0.4, 0.5) is 0 Å². The van der Waals surface area contributed by atoms with Crippen LogP contribution in [-0.4, -0.2) is 210 Å². The summed E-state index contributed by atoms with van der Waals surface area (Å²) in [4.78, 5) is 59.6. The Morgan fingerprint density at radius 2 is 0.907 bits per heavy atom. The van der Waals surface area contributed by atoms with E-state index >= 15 is 0 Å². The molecule has 1 amide bonds. The zero-order valence-corrected chi connectivity index (χ0v) is 33.8. The van der Waals surface area contributed by atoms with Gasteiger partial charge in [-0.2, -0.15) is 0 Å². The van der Waals surface area contributed by atoms with Crippen LogP contribution in [0, 0.1) is 0 Å². The summed E-state index contributed by atoms with van der Waals surface area (Å²) < 4.78 is 22.0. The van der Waals surface area contributed by atoms with Crippen molar-refractivity contribution in [2.45, 2.75) is 110 Å². The molecule has 0 aromatic carbocycles. The summed E-state index contributed by atoms with van der Waals surface area (Å²) in [6.07, 6.45) is -7.18. The Hall–Kier alpha value is -2.52. The number of ether oxygens (including phenoxy) is 4. The number of aliphatic hydroxyl groups excluding tert-OH is 4. The van der Waals surface area contributed by atoms with Gasteiger partial charge in [-0.05, 0) is 62.3 Å². The number of nitrogens with zero attached hydrogens (tertiary/aromatic N) is 4. The van der Waals surface area contributed by atoms with Gasteiger partial charge in [0.25, 0.3) is 0 Å². The second-order valence-corrected chi connectivity index (χ2v) is 17.0. The van der Waals surface area contributed by atoms with E-state index in [2.05, 4.69) is 10.6 Å². The molecule has 0 aromatic heterocycles. The van der Waals surface area contributed by atoms with Gasteiger partial charge < -0.3 is 50.0 Å². The van der Waals surface area contributed by atoms with Crippen molar-refractivity contribution < 1.29 is 58.6 Å². The second kappa shape index (κ2) is 21.7. The Kier molecular flexibility index (Phi) is 19.1. The number of hydrogen-bond donors (Lipinski definition) is 6. The SMILES string of the molecule is CC(C)(C)OC(=O)CN1CCN(CC(=O)NCCNCC2OC(O)C(O)[C@@H](O)[C@H]2O)CCN(CC(=O)OC(C)(C)C)CCN(CC(=O)OC(C)(C)C)CC1. The zero-order valence-electron chi connectivity index (χ0n) is 33.8. The number of hydrogen-bond acceptors (Lipinski definition) is 17. The van der Waals surface area contributed by atoms with Gasteiger partial charge in [0.2, 0.25) is 5.91 Å². The summed E-state index contributed by atoms with van der Waals surface area (Å²) in [5.41, 5.74) is -2.00. The molecule has 0 bridgehead atoms. The molecule has 18 heteroatoms. The van der Waals surface area contributed by atoms with Crippen molar-refractivity contribution in [2.75, 3.05) is 98.2 Å². The second-order valence-electron chi connectivity index (χ2n) is 17.0. The molecule has 2 rings (SSSR count). The molecule has 2 fully saturated rings. The minimum Gasteiger partial charge on any atom is -0.459 e. The van der Waals surface area contributed by atoms with E-state index in [0.717, 1.165) is 0 Å². The van der Waals surface area contributed by atoms with Gasteiger partial charge in [-0.3, -0.25) is 38.8 Å². The van der Waals surface area contributed by atoms with E-state index in [9.17, 15) is 39.6 Å². The van der Waals surface area contributed by atoms with Crippen molar-refractivity contribution in [2.24, 2.45) is 0 Å². The van der Waals surface area contributed by atoms with Crippen LogP contribution >= 0.6 is 0 Å². The van der Waals surface area contributed by atoms with Crippen LogP contribution in [0.15, 0.2) is 0 Å². The van der Waals surface area contributed by atoms with Gasteiger partial charge in [-0.15, -0.1) is 0 Å². The lowest BCUT2D eigenvalue weighted by Crippen LogP contribution is -2.59. The fourth-order valence-corrected chi connectivity index (χ4v) is 5.77. The van der Waals surface area contributed by atoms with Crippen LogP contribution in [0.2, 0.25) is 0 Å². The maximum atomic E-state index is 13.1. The van der Waals surface area contributed by atoms with Crippen LogP contribution in [0.25, 0.3) is 0 Å². The maximum absolute atomic E-state index is 13.1. The average molecular weight is 777 g/mol. The first-order valence-corrected chi connectivity index (χ1v) is 18.8. The number of carbonyl (C=O) groups is 4. The Balaban J connectivity index is 2.14. The van der Waals surface area contributed by atoms with E-state index in [4.69, 9.17) is 18.9 Å². The number of rotatable bonds is 13. The summed E-state index contributed by atoms with van der Waals surface area (Å²) in [6, 6.07) is 0. The molecule has 2 saturated heterocycles. The first-order chi connectivity index (χ1) is 24.9. The molecule has 0 radical (unpaired) electrons. The highest BCUT2D eigenvalue weighted by Crippen LogP contribution is 2.19. The highest BCUT2D eigenvalue weighted by molar-refractivity contribution is 5.78. The minimum absolute atomic E-state index is 0.0143. The maximum Gasteiger partial charge on any atom is 0.320 e. The first kappa shape index (κ1) is 47.6. The normalized spacial score (nSPS) is 25.2. The molecule has 0 saturated carbocycles. The Morgan fingerprint density at radius 1 is 0.556 bits per heavy atom. The molecule has 54 heavy (non-hydrogen) atoms.